The summed E-state index contributed by atoms with van der Waals surface area (Å²) in [6.07, 6.45) is 0. The van der Waals surface area contributed by atoms with Crippen molar-refractivity contribution >= 4 is 7.94 Å². The number of hydroxylamine groups is 2. The Bertz CT molecular complexity index is 519. The van der Waals surface area contributed by atoms with Gasteiger partial charge in [-0.15, -0.1) is 5.06 Å². The molecule has 2 rings (SSSR count). The number of nitrogens with zero attached hydrogens (tertiary/aromatic N) is 1. The van der Waals surface area contributed by atoms with Gasteiger partial charge in [-0.1, -0.05) is 65.3 Å². The summed E-state index contributed by atoms with van der Waals surface area (Å²) in [6, 6.07) is 19.0. The molecule has 0 aliphatic heterocycles. The highest BCUT2D eigenvalue weighted by molar-refractivity contribution is 7.60. The maximum Gasteiger partial charge on any atom is 0.441 e. The van der Waals surface area contributed by atoms with Gasteiger partial charge in [-0.2, -0.15) is 9.79 Å². The molecule has 118 valence electrons. The lowest BCUT2D eigenvalue weighted by Gasteiger charge is -2.25. The Hall–Kier alpha value is -1.29. The van der Waals surface area contributed by atoms with Gasteiger partial charge in [0, 0.05) is 24.2 Å². The van der Waals surface area contributed by atoms with Gasteiger partial charge in [0.2, 0.25) is 5.66 Å². The molecule has 2 aromatic rings. The quantitative estimate of drug-likeness (QED) is 0.602. The minimum atomic E-state index is -3.66. The SMILES string of the molecule is CCN(CC)O[P+](O)(O)C(c1ccccc1)c1ccccc1. The summed E-state index contributed by atoms with van der Waals surface area (Å²) < 4.78 is 5.56. The van der Waals surface area contributed by atoms with Gasteiger partial charge in [0.25, 0.3) is 0 Å². The van der Waals surface area contributed by atoms with Crippen LogP contribution in [0.3, 0.4) is 0 Å². The molecule has 0 atom stereocenters. The monoisotopic (exact) mass is 320 g/mol. The second kappa shape index (κ2) is 7.82. The van der Waals surface area contributed by atoms with E-state index in [9.17, 15) is 9.79 Å². The summed E-state index contributed by atoms with van der Waals surface area (Å²) in [5, 5.41) is 1.58. The van der Waals surface area contributed by atoms with Crippen LogP contribution in [0.25, 0.3) is 0 Å². The topological polar surface area (TPSA) is 52.9 Å². The fourth-order valence-electron chi connectivity index (χ4n) is 2.41. The summed E-state index contributed by atoms with van der Waals surface area (Å²) in [5.41, 5.74) is 1.08. The first-order valence-electron chi connectivity index (χ1n) is 7.47. The molecule has 0 saturated carbocycles. The van der Waals surface area contributed by atoms with E-state index in [4.69, 9.17) is 4.62 Å². The van der Waals surface area contributed by atoms with Gasteiger partial charge in [-0.05, 0) is 13.8 Å². The average molecular weight is 320 g/mol. The first-order valence-corrected chi connectivity index (χ1v) is 9.15. The van der Waals surface area contributed by atoms with Crippen LogP contribution >= 0.6 is 7.94 Å². The number of hydrogen-bond acceptors (Lipinski definition) is 4. The summed E-state index contributed by atoms with van der Waals surface area (Å²) in [5.74, 6) is 0. The highest BCUT2D eigenvalue weighted by Gasteiger charge is 2.50. The van der Waals surface area contributed by atoms with Crippen LogP contribution in [0.4, 0.5) is 0 Å². The molecule has 0 bridgehead atoms. The largest absolute Gasteiger partial charge is 0.441 e. The predicted molar refractivity (Wildman–Crippen MR) is 90.1 cm³/mol. The summed E-state index contributed by atoms with van der Waals surface area (Å²) >= 11 is 0. The number of rotatable bonds is 7. The van der Waals surface area contributed by atoms with Crippen molar-refractivity contribution in [1.82, 2.24) is 5.06 Å². The Morgan fingerprint density at radius 2 is 1.27 bits per heavy atom. The Morgan fingerprint density at radius 3 is 1.64 bits per heavy atom. The van der Waals surface area contributed by atoms with Gasteiger partial charge < -0.3 is 0 Å². The third-order valence-electron chi connectivity index (χ3n) is 3.51. The third kappa shape index (κ3) is 4.13. The maximum atomic E-state index is 10.7. The van der Waals surface area contributed by atoms with Gasteiger partial charge in [0.15, 0.2) is 0 Å². The molecule has 0 aliphatic rings. The molecule has 2 N–H and O–H groups in total. The Morgan fingerprint density at radius 1 is 0.864 bits per heavy atom. The Labute approximate surface area is 132 Å². The summed E-state index contributed by atoms with van der Waals surface area (Å²) in [7, 11) is -3.66. The average Bonchev–Trinajstić information content (AvgIpc) is 2.54. The van der Waals surface area contributed by atoms with Crippen molar-refractivity contribution in [2.45, 2.75) is 19.5 Å². The Kier molecular flexibility index (Phi) is 6.07. The number of benzene rings is 2. The van der Waals surface area contributed by atoms with E-state index in [1.165, 1.54) is 0 Å². The zero-order valence-electron chi connectivity index (χ0n) is 13.0. The van der Waals surface area contributed by atoms with Crippen LogP contribution in [0.1, 0.15) is 30.6 Å². The lowest BCUT2D eigenvalue weighted by atomic mass is 10.0. The minimum absolute atomic E-state index is 0.588. The fraction of sp³-hybridized carbons (Fsp3) is 0.294. The molecule has 5 heteroatoms. The predicted octanol–water partition coefficient (Wildman–Crippen LogP) is 3.80. The molecule has 0 spiro atoms. The van der Waals surface area contributed by atoms with Gasteiger partial charge in [0.05, 0.1) is 0 Å². The molecular formula is C17H23NO3P+. The summed E-state index contributed by atoms with van der Waals surface area (Å²) in [6.45, 7) is 5.03. The molecule has 22 heavy (non-hydrogen) atoms. The van der Waals surface area contributed by atoms with Crippen LogP contribution in [-0.2, 0) is 4.62 Å². The molecular weight excluding hydrogens is 297 g/mol. The highest BCUT2D eigenvalue weighted by Crippen LogP contribution is 2.66. The van der Waals surface area contributed by atoms with Crippen molar-refractivity contribution in [1.29, 1.82) is 0 Å². The van der Waals surface area contributed by atoms with Crippen molar-refractivity contribution in [2.75, 3.05) is 13.1 Å². The van der Waals surface area contributed by atoms with Crippen LogP contribution in [0.15, 0.2) is 60.7 Å². The molecule has 0 radical (unpaired) electrons. The van der Waals surface area contributed by atoms with Crippen molar-refractivity contribution in [3.63, 3.8) is 0 Å². The zero-order chi connectivity index (χ0) is 16.0. The van der Waals surface area contributed by atoms with Gasteiger partial charge in [0.1, 0.15) is 0 Å². The standard InChI is InChI=1S/C17H23NO3P/c1-3-18(4-2)21-22(19,20)17(15-11-7-5-8-12-15)16-13-9-6-10-14-16/h5-14,17,19-20H,3-4H2,1-2H3/q+1. The normalized spacial score (nSPS) is 12.1. The first kappa shape index (κ1) is 17.1. The first-order chi connectivity index (χ1) is 10.6. The summed E-state index contributed by atoms with van der Waals surface area (Å²) in [4.78, 5) is 21.4. The highest BCUT2D eigenvalue weighted by atomic mass is 31.2. The Balaban J connectivity index is 2.40. The third-order valence-corrected chi connectivity index (χ3v) is 5.25. The van der Waals surface area contributed by atoms with Crippen molar-refractivity contribution in [3.05, 3.63) is 71.8 Å². The molecule has 2 aromatic carbocycles. The van der Waals surface area contributed by atoms with Crippen LogP contribution in [-0.4, -0.2) is 27.9 Å². The molecule has 4 nitrogen and oxygen atoms in total. The van der Waals surface area contributed by atoms with E-state index in [1.54, 1.807) is 5.06 Å². The van der Waals surface area contributed by atoms with Crippen LogP contribution in [0.2, 0.25) is 0 Å². The van der Waals surface area contributed by atoms with Crippen molar-refractivity contribution < 1.29 is 14.4 Å². The second-order valence-corrected chi connectivity index (χ2v) is 6.87. The van der Waals surface area contributed by atoms with Gasteiger partial charge in [-0.3, -0.25) is 0 Å². The van der Waals surface area contributed by atoms with E-state index < -0.39 is 13.6 Å². The molecule has 0 amide bonds. The molecule has 0 aliphatic carbocycles. The van der Waals surface area contributed by atoms with E-state index in [2.05, 4.69) is 0 Å². The van der Waals surface area contributed by atoms with Crippen LogP contribution < -0.4 is 0 Å². The lowest BCUT2D eigenvalue weighted by Crippen LogP contribution is -2.25. The number of hydrogen-bond donors (Lipinski definition) is 2. The van der Waals surface area contributed by atoms with E-state index >= 15 is 0 Å². The van der Waals surface area contributed by atoms with E-state index in [-0.39, 0.29) is 0 Å². The van der Waals surface area contributed by atoms with Gasteiger partial charge >= 0.3 is 7.94 Å². The second-order valence-electron chi connectivity index (χ2n) is 5.01. The van der Waals surface area contributed by atoms with E-state index in [0.717, 1.165) is 11.1 Å². The van der Waals surface area contributed by atoms with E-state index in [0.29, 0.717) is 13.1 Å². The molecule has 0 fully saturated rings. The molecule has 0 heterocycles. The smallest absolute Gasteiger partial charge is 0.191 e. The molecule has 0 saturated heterocycles. The molecule has 0 aromatic heterocycles. The molecule has 0 unspecified atom stereocenters. The maximum absolute atomic E-state index is 10.7. The minimum Gasteiger partial charge on any atom is -0.191 e. The van der Waals surface area contributed by atoms with Crippen LogP contribution in [0.5, 0.6) is 0 Å². The van der Waals surface area contributed by atoms with Crippen LogP contribution in [0, 0.1) is 0 Å². The van der Waals surface area contributed by atoms with Gasteiger partial charge in [-0.25, -0.2) is 0 Å². The van der Waals surface area contributed by atoms with E-state index in [1.807, 2.05) is 74.5 Å². The van der Waals surface area contributed by atoms with Crippen molar-refractivity contribution in [2.24, 2.45) is 0 Å². The zero-order valence-corrected chi connectivity index (χ0v) is 13.9. The van der Waals surface area contributed by atoms with Crippen molar-refractivity contribution in [3.8, 4) is 0 Å². The lowest BCUT2D eigenvalue weighted by molar-refractivity contribution is -0.0687. The fourth-order valence-corrected chi connectivity index (χ4v) is 4.19.